The van der Waals surface area contributed by atoms with Crippen molar-refractivity contribution in [2.45, 2.75) is 24.9 Å². The van der Waals surface area contributed by atoms with Gasteiger partial charge in [0.05, 0.1) is 5.92 Å². The summed E-state index contributed by atoms with van der Waals surface area (Å²) < 4.78 is 0. The van der Waals surface area contributed by atoms with Crippen molar-refractivity contribution in [2.75, 3.05) is 34.2 Å². The van der Waals surface area contributed by atoms with Crippen LogP contribution in [0, 0.1) is 5.92 Å². The van der Waals surface area contributed by atoms with Crippen molar-refractivity contribution in [3.05, 3.63) is 34.9 Å². The third kappa shape index (κ3) is 4.14. The lowest BCUT2D eigenvalue weighted by molar-refractivity contribution is -0.148. The van der Waals surface area contributed by atoms with E-state index in [0.717, 1.165) is 12.1 Å². The number of halogens is 1. The van der Waals surface area contributed by atoms with E-state index < -0.39 is 17.4 Å². The summed E-state index contributed by atoms with van der Waals surface area (Å²) in [5.74, 6) is -1.47. The normalized spacial score (nSPS) is 26.8. The Morgan fingerprint density at radius 1 is 1.36 bits per heavy atom. The molecule has 0 unspecified atom stereocenters. The van der Waals surface area contributed by atoms with Gasteiger partial charge >= 0.3 is 5.97 Å². The smallest absolute Gasteiger partial charge is 0.323 e. The van der Waals surface area contributed by atoms with Gasteiger partial charge in [0.25, 0.3) is 0 Å². The number of carbonyl (C=O) groups is 2. The Morgan fingerprint density at radius 3 is 2.48 bits per heavy atom. The molecule has 3 atom stereocenters. The van der Waals surface area contributed by atoms with Crippen molar-refractivity contribution in [3.63, 3.8) is 0 Å². The van der Waals surface area contributed by atoms with Crippen molar-refractivity contribution < 1.29 is 14.7 Å². The number of likely N-dealkylation sites (tertiary alicyclic amines) is 1. The number of carboxylic acids is 1. The van der Waals surface area contributed by atoms with Crippen molar-refractivity contribution in [2.24, 2.45) is 5.92 Å². The van der Waals surface area contributed by atoms with E-state index in [1.807, 2.05) is 31.1 Å². The molecule has 2 N–H and O–H groups in total. The first-order chi connectivity index (χ1) is 11.7. The molecule has 2 rings (SSSR count). The molecule has 0 aliphatic carbocycles. The summed E-state index contributed by atoms with van der Waals surface area (Å²) in [6.45, 7) is 2.94. The molecule has 1 aliphatic heterocycles. The average molecular weight is 368 g/mol. The lowest BCUT2D eigenvalue weighted by atomic mass is 9.89. The van der Waals surface area contributed by atoms with Crippen LogP contribution in [0.25, 0.3) is 0 Å². The summed E-state index contributed by atoms with van der Waals surface area (Å²) in [4.78, 5) is 28.4. The highest BCUT2D eigenvalue weighted by Crippen LogP contribution is 2.46. The van der Waals surface area contributed by atoms with Gasteiger partial charge in [-0.1, -0.05) is 23.7 Å². The highest BCUT2D eigenvalue weighted by atomic mass is 35.5. The zero-order chi connectivity index (χ0) is 18.8. The molecule has 1 fully saturated rings. The number of nitrogens with one attached hydrogen (secondary N) is 1. The first-order valence-corrected chi connectivity index (χ1v) is 8.69. The van der Waals surface area contributed by atoms with Crippen LogP contribution in [0.1, 0.15) is 24.9 Å². The summed E-state index contributed by atoms with van der Waals surface area (Å²) >= 11 is 5.97. The highest BCUT2D eigenvalue weighted by Gasteiger charge is 2.54. The first kappa shape index (κ1) is 19.7. The molecule has 25 heavy (non-hydrogen) atoms. The Labute approximate surface area is 153 Å². The molecule has 1 aromatic carbocycles. The van der Waals surface area contributed by atoms with Crippen LogP contribution in [0.5, 0.6) is 0 Å². The molecule has 6 nitrogen and oxygen atoms in total. The monoisotopic (exact) mass is 367 g/mol. The van der Waals surface area contributed by atoms with Crippen LogP contribution in [-0.4, -0.2) is 66.6 Å². The SMILES string of the molecule is CN(C)CCNC(=O)[C@H]1C[C@@](C)(C(=O)O)N(C)[C@H]1c1ccc(Cl)cc1. The van der Waals surface area contributed by atoms with E-state index in [1.54, 1.807) is 31.0 Å². The first-order valence-electron chi connectivity index (χ1n) is 8.31. The minimum atomic E-state index is -1.09. The molecule has 1 heterocycles. The lowest BCUT2D eigenvalue weighted by Gasteiger charge is -2.32. The predicted molar refractivity (Wildman–Crippen MR) is 97.7 cm³/mol. The second-order valence-electron chi connectivity index (χ2n) is 7.09. The Morgan fingerprint density at radius 2 is 1.96 bits per heavy atom. The molecule has 1 amide bonds. The molecule has 0 aromatic heterocycles. The molecule has 1 saturated heterocycles. The van der Waals surface area contributed by atoms with Crippen LogP contribution >= 0.6 is 11.6 Å². The minimum absolute atomic E-state index is 0.112. The fraction of sp³-hybridized carbons (Fsp3) is 0.556. The van der Waals surface area contributed by atoms with Gasteiger partial charge in [-0.15, -0.1) is 0 Å². The van der Waals surface area contributed by atoms with E-state index in [0.29, 0.717) is 11.6 Å². The Balaban J connectivity index is 2.28. The summed E-state index contributed by atoms with van der Waals surface area (Å²) in [7, 11) is 5.64. The predicted octanol–water partition coefficient (Wildman–Crippen LogP) is 1.85. The fourth-order valence-electron chi connectivity index (χ4n) is 3.38. The van der Waals surface area contributed by atoms with Crippen LogP contribution < -0.4 is 5.32 Å². The lowest BCUT2D eigenvalue weighted by Crippen LogP contribution is -2.46. The van der Waals surface area contributed by atoms with Gasteiger partial charge in [-0.25, -0.2) is 0 Å². The zero-order valence-corrected chi connectivity index (χ0v) is 15.9. The number of rotatable bonds is 6. The maximum absolute atomic E-state index is 12.8. The highest BCUT2D eigenvalue weighted by molar-refractivity contribution is 6.30. The third-order valence-corrected chi connectivity index (χ3v) is 5.31. The number of likely N-dealkylation sites (N-methyl/N-ethyl adjacent to an activating group) is 2. The summed E-state index contributed by atoms with van der Waals surface area (Å²) in [5.41, 5.74) is -0.196. The van der Waals surface area contributed by atoms with E-state index in [-0.39, 0.29) is 18.4 Å². The molecular formula is C18H26ClN3O3. The van der Waals surface area contributed by atoms with E-state index >= 15 is 0 Å². The number of aliphatic carboxylic acids is 1. The summed E-state index contributed by atoms with van der Waals surface area (Å²) in [6, 6.07) is 6.94. The van der Waals surface area contributed by atoms with E-state index in [2.05, 4.69) is 5.32 Å². The Hall–Kier alpha value is -1.63. The zero-order valence-electron chi connectivity index (χ0n) is 15.1. The minimum Gasteiger partial charge on any atom is -0.480 e. The van der Waals surface area contributed by atoms with Crippen LogP contribution in [0.2, 0.25) is 5.02 Å². The number of carbonyl (C=O) groups excluding carboxylic acids is 1. The maximum Gasteiger partial charge on any atom is 0.323 e. The number of nitrogens with zero attached hydrogens (tertiary/aromatic N) is 2. The molecule has 1 aliphatic rings. The number of hydrogen-bond acceptors (Lipinski definition) is 4. The van der Waals surface area contributed by atoms with Gasteiger partial charge in [-0.3, -0.25) is 14.5 Å². The summed E-state index contributed by atoms with van der Waals surface area (Å²) in [5, 5.41) is 13.2. The van der Waals surface area contributed by atoms with Gasteiger partial charge in [0, 0.05) is 24.2 Å². The Kier molecular flexibility index (Phi) is 6.08. The van der Waals surface area contributed by atoms with Crippen LogP contribution in [0.3, 0.4) is 0 Å². The maximum atomic E-state index is 12.8. The van der Waals surface area contributed by atoms with Gasteiger partial charge in [-0.2, -0.15) is 0 Å². The van der Waals surface area contributed by atoms with E-state index in [1.165, 1.54) is 0 Å². The number of amides is 1. The van der Waals surface area contributed by atoms with Crippen molar-refractivity contribution >= 4 is 23.5 Å². The van der Waals surface area contributed by atoms with Gasteiger partial charge in [-0.05, 0) is 52.2 Å². The van der Waals surface area contributed by atoms with Gasteiger partial charge in [0.1, 0.15) is 5.54 Å². The molecule has 0 spiro atoms. The van der Waals surface area contributed by atoms with Gasteiger partial charge in [0.2, 0.25) is 5.91 Å². The van der Waals surface area contributed by atoms with Crippen molar-refractivity contribution in [1.29, 1.82) is 0 Å². The van der Waals surface area contributed by atoms with Crippen LogP contribution in [0.15, 0.2) is 24.3 Å². The van der Waals surface area contributed by atoms with Gasteiger partial charge in [0.15, 0.2) is 0 Å². The topological polar surface area (TPSA) is 72.9 Å². The summed E-state index contributed by atoms with van der Waals surface area (Å²) in [6.07, 6.45) is 0.264. The number of hydrogen-bond donors (Lipinski definition) is 2. The third-order valence-electron chi connectivity index (χ3n) is 5.06. The number of benzene rings is 1. The second kappa shape index (κ2) is 7.72. The van der Waals surface area contributed by atoms with E-state index in [4.69, 9.17) is 11.6 Å². The molecule has 7 heteroatoms. The molecule has 138 valence electrons. The van der Waals surface area contributed by atoms with Crippen molar-refractivity contribution in [1.82, 2.24) is 15.1 Å². The van der Waals surface area contributed by atoms with E-state index in [9.17, 15) is 14.7 Å². The largest absolute Gasteiger partial charge is 0.480 e. The van der Waals surface area contributed by atoms with Crippen molar-refractivity contribution in [3.8, 4) is 0 Å². The average Bonchev–Trinajstić information content (AvgIpc) is 2.81. The molecule has 0 saturated carbocycles. The quantitative estimate of drug-likeness (QED) is 0.802. The molecule has 0 bridgehead atoms. The van der Waals surface area contributed by atoms with Gasteiger partial charge < -0.3 is 15.3 Å². The standard InChI is InChI=1S/C18H26ClN3O3/c1-18(17(24)25)11-14(16(23)20-9-10-21(2)3)15(22(18)4)12-5-7-13(19)8-6-12/h5-8,14-15H,9-11H2,1-4H3,(H,20,23)(H,24,25)/t14-,15-,18-/m0/s1. The second-order valence-corrected chi connectivity index (χ2v) is 7.53. The van der Waals surface area contributed by atoms with Crippen LogP contribution in [-0.2, 0) is 9.59 Å². The number of carboxylic acid groups (broad SMARTS) is 1. The molecule has 0 radical (unpaired) electrons. The Bertz CT molecular complexity index is 635. The molecule has 1 aromatic rings. The molecular weight excluding hydrogens is 342 g/mol. The van der Waals surface area contributed by atoms with Crippen LogP contribution in [0.4, 0.5) is 0 Å². The fourth-order valence-corrected chi connectivity index (χ4v) is 3.51.